The van der Waals surface area contributed by atoms with Gasteiger partial charge in [0.05, 0.1) is 11.2 Å². The predicted octanol–water partition coefficient (Wildman–Crippen LogP) is 0.902. The Morgan fingerprint density at radius 1 is 1.20 bits per heavy atom. The fourth-order valence-corrected chi connectivity index (χ4v) is 1.72. The number of non-ortho nitro benzene ring substituents is 1. The Kier molecular flexibility index (Phi) is 6.01. The van der Waals surface area contributed by atoms with Crippen LogP contribution in [0.3, 0.4) is 0 Å². The molecule has 0 spiro atoms. The number of nitro benzene ring substituents is 1. The quantitative estimate of drug-likeness (QED) is 0.404. The molecule has 130 valence electrons. The summed E-state index contributed by atoms with van der Waals surface area (Å²) in [5.41, 5.74) is 4.46. The van der Waals surface area contributed by atoms with Crippen molar-refractivity contribution in [2.45, 2.75) is 0 Å². The summed E-state index contributed by atoms with van der Waals surface area (Å²) in [5.74, 6) is -0.793. The number of nitrogens with one attached hydrogen (secondary N) is 3. The molecule has 0 fully saturated rings. The average Bonchev–Trinajstić information content (AvgIpc) is 3.13. The van der Waals surface area contributed by atoms with E-state index >= 15 is 0 Å². The Morgan fingerprint density at radius 2 is 1.92 bits per heavy atom. The van der Waals surface area contributed by atoms with E-state index in [1.165, 1.54) is 36.6 Å². The SMILES string of the molecule is O=C(COc1ccc([N+](=O)[O-])cc1)NNC(=S)NC(=O)c1ccco1. The molecule has 0 atom stereocenters. The van der Waals surface area contributed by atoms with Gasteiger partial charge in [-0.3, -0.25) is 35.9 Å². The molecule has 1 heterocycles. The summed E-state index contributed by atoms with van der Waals surface area (Å²) in [4.78, 5) is 33.2. The number of nitro groups is 1. The molecule has 0 aliphatic rings. The molecular formula is C14H12N4O6S. The second kappa shape index (κ2) is 8.40. The van der Waals surface area contributed by atoms with Gasteiger partial charge in [0.15, 0.2) is 17.5 Å². The smallest absolute Gasteiger partial charge is 0.293 e. The van der Waals surface area contributed by atoms with Crippen LogP contribution in [0.15, 0.2) is 47.1 Å². The van der Waals surface area contributed by atoms with Gasteiger partial charge in [0.1, 0.15) is 5.75 Å². The minimum absolute atomic E-state index is 0.0666. The summed E-state index contributed by atoms with van der Waals surface area (Å²) < 4.78 is 10.0. The van der Waals surface area contributed by atoms with E-state index < -0.39 is 16.7 Å². The lowest BCUT2D eigenvalue weighted by atomic mass is 10.3. The molecule has 2 amide bonds. The summed E-state index contributed by atoms with van der Waals surface area (Å²) in [5, 5.41) is 12.7. The van der Waals surface area contributed by atoms with Gasteiger partial charge in [0, 0.05) is 12.1 Å². The maximum atomic E-state index is 11.6. The Hall–Kier alpha value is -3.47. The Labute approximate surface area is 146 Å². The number of hydrogen-bond acceptors (Lipinski definition) is 7. The zero-order valence-corrected chi connectivity index (χ0v) is 13.4. The largest absolute Gasteiger partial charge is 0.484 e. The standard InChI is InChI=1S/C14H12N4O6S/c19-12(8-24-10-5-3-9(4-6-10)18(21)22)16-17-14(25)15-13(20)11-2-1-7-23-11/h1-7H,8H2,(H,16,19)(H2,15,17,20,25). The van der Waals surface area contributed by atoms with Crippen LogP contribution in [0.4, 0.5) is 5.69 Å². The van der Waals surface area contributed by atoms with Crippen LogP contribution in [-0.4, -0.2) is 28.5 Å². The fourth-order valence-electron chi connectivity index (χ4n) is 1.58. The van der Waals surface area contributed by atoms with Gasteiger partial charge in [-0.05, 0) is 36.5 Å². The number of nitrogens with zero attached hydrogens (tertiary/aromatic N) is 1. The average molecular weight is 364 g/mol. The monoisotopic (exact) mass is 364 g/mol. The van der Waals surface area contributed by atoms with Crippen LogP contribution in [0, 0.1) is 10.1 Å². The number of amides is 2. The predicted molar refractivity (Wildman–Crippen MR) is 88.6 cm³/mol. The number of hydrogen-bond donors (Lipinski definition) is 3. The highest BCUT2D eigenvalue weighted by molar-refractivity contribution is 7.80. The fraction of sp³-hybridized carbons (Fsp3) is 0.0714. The molecule has 0 unspecified atom stereocenters. The number of carbonyl (C=O) groups is 2. The van der Waals surface area contributed by atoms with Gasteiger partial charge < -0.3 is 9.15 Å². The summed E-state index contributed by atoms with van der Waals surface area (Å²) in [6.07, 6.45) is 1.34. The minimum Gasteiger partial charge on any atom is -0.484 e. The van der Waals surface area contributed by atoms with Gasteiger partial charge in [-0.1, -0.05) is 0 Å². The van der Waals surface area contributed by atoms with Crippen LogP contribution >= 0.6 is 12.2 Å². The molecule has 0 radical (unpaired) electrons. The Morgan fingerprint density at radius 3 is 2.52 bits per heavy atom. The first-order chi connectivity index (χ1) is 12.0. The number of thiocarbonyl (C=S) groups is 1. The second-order valence-electron chi connectivity index (χ2n) is 4.47. The zero-order valence-electron chi connectivity index (χ0n) is 12.6. The van der Waals surface area contributed by atoms with E-state index in [1.54, 1.807) is 6.07 Å². The van der Waals surface area contributed by atoms with E-state index in [1.807, 2.05) is 0 Å². The van der Waals surface area contributed by atoms with Crippen molar-refractivity contribution >= 4 is 34.8 Å². The Bertz CT molecular complexity index is 775. The lowest BCUT2D eigenvalue weighted by molar-refractivity contribution is -0.384. The van der Waals surface area contributed by atoms with E-state index in [-0.39, 0.29) is 28.9 Å². The number of ether oxygens (including phenoxy) is 1. The molecule has 1 aromatic heterocycles. The van der Waals surface area contributed by atoms with E-state index in [2.05, 4.69) is 16.2 Å². The molecule has 11 heteroatoms. The van der Waals surface area contributed by atoms with Gasteiger partial charge >= 0.3 is 0 Å². The van der Waals surface area contributed by atoms with Crippen LogP contribution < -0.4 is 20.9 Å². The summed E-state index contributed by atoms with van der Waals surface area (Å²) in [7, 11) is 0. The molecule has 1 aromatic carbocycles. The summed E-state index contributed by atoms with van der Waals surface area (Å²) in [6.45, 7) is -0.362. The van der Waals surface area contributed by atoms with Crippen LogP contribution in [0.2, 0.25) is 0 Å². The Balaban J connectivity index is 1.70. The first-order valence-electron chi connectivity index (χ1n) is 6.76. The summed E-state index contributed by atoms with van der Waals surface area (Å²) in [6, 6.07) is 8.24. The highest BCUT2D eigenvalue weighted by Gasteiger charge is 2.11. The zero-order chi connectivity index (χ0) is 18.2. The molecule has 0 saturated carbocycles. The van der Waals surface area contributed by atoms with Crippen molar-refractivity contribution in [3.8, 4) is 5.75 Å². The molecule has 0 bridgehead atoms. The van der Waals surface area contributed by atoms with Crippen molar-refractivity contribution < 1.29 is 23.7 Å². The van der Waals surface area contributed by atoms with Crippen molar-refractivity contribution in [1.29, 1.82) is 0 Å². The third kappa shape index (κ3) is 5.58. The number of benzene rings is 1. The lowest BCUT2D eigenvalue weighted by Gasteiger charge is -2.10. The van der Waals surface area contributed by atoms with Gasteiger partial charge in [-0.2, -0.15) is 0 Å². The first-order valence-corrected chi connectivity index (χ1v) is 7.17. The van der Waals surface area contributed by atoms with Gasteiger partial charge in [0.25, 0.3) is 17.5 Å². The number of furan rings is 1. The molecule has 0 aliphatic heterocycles. The highest BCUT2D eigenvalue weighted by Crippen LogP contribution is 2.16. The first kappa shape index (κ1) is 17.9. The van der Waals surface area contributed by atoms with E-state index in [0.29, 0.717) is 0 Å². The van der Waals surface area contributed by atoms with Crippen LogP contribution in [-0.2, 0) is 4.79 Å². The number of carbonyl (C=O) groups excluding carboxylic acids is 2. The van der Waals surface area contributed by atoms with Crippen molar-refractivity contribution in [3.63, 3.8) is 0 Å². The molecular weight excluding hydrogens is 352 g/mol. The number of hydrazine groups is 1. The van der Waals surface area contributed by atoms with Crippen molar-refractivity contribution in [3.05, 3.63) is 58.5 Å². The maximum Gasteiger partial charge on any atom is 0.293 e. The van der Waals surface area contributed by atoms with Gasteiger partial charge in [-0.15, -0.1) is 0 Å². The summed E-state index contributed by atoms with van der Waals surface area (Å²) >= 11 is 4.83. The normalized spacial score (nSPS) is 9.76. The van der Waals surface area contributed by atoms with Crippen molar-refractivity contribution in [2.24, 2.45) is 0 Å². The molecule has 2 aromatic rings. The van der Waals surface area contributed by atoms with Crippen LogP contribution in [0.5, 0.6) is 5.75 Å². The van der Waals surface area contributed by atoms with Crippen molar-refractivity contribution in [1.82, 2.24) is 16.2 Å². The topological polar surface area (TPSA) is 136 Å². The lowest BCUT2D eigenvalue weighted by Crippen LogP contribution is -2.49. The molecule has 3 N–H and O–H groups in total. The second-order valence-corrected chi connectivity index (χ2v) is 4.88. The number of rotatable bonds is 5. The highest BCUT2D eigenvalue weighted by atomic mass is 32.1. The molecule has 2 rings (SSSR count). The molecule has 10 nitrogen and oxygen atoms in total. The maximum absolute atomic E-state index is 11.6. The van der Waals surface area contributed by atoms with E-state index in [4.69, 9.17) is 21.4 Å². The van der Waals surface area contributed by atoms with Gasteiger partial charge in [-0.25, -0.2) is 0 Å². The molecule has 25 heavy (non-hydrogen) atoms. The minimum atomic E-state index is -0.576. The van der Waals surface area contributed by atoms with Gasteiger partial charge in [0.2, 0.25) is 0 Å². The third-order valence-electron chi connectivity index (χ3n) is 2.70. The van der Waals surface area contributed by atoms with E-state index in [0.717, 1.165) is 0 Å². The molecule has 0 saturated heterocycles. The van der Waals surface area contributed by atoms with Crippen LogP contribution in [0.1, 0.15) is 10.6 Å². The van der Waals surface area contributed by atoms with Crippen LogP contribution in [0.25, 0.3) is 0 Å². The van der Waals surface area contributed by atoms with Crippen molar-refractivity contribution in [2.75, 3.05) is 6.61 Å². The molecule has 0 aliphatic carbocycles. The van der Waals surface area contributed by atoms with E-state index in [9.17, 15) is 19.7 Å². The third-order valence-corrected chi connectivity index (χ3v) is 2.91.